The third kappa shape index (κ3) is 7.53. The first-order valence-corrected chi connectivity index (χ1v) is 13.0. The number of nitrogens with one attached hydrogen (secondary N) is 2. The van der Waals surface area contributed by atoms with Crippen molar-refractivity contribution in [1.29, 1.82) is 0 Å². The number of aromatic nitrogens is 2. The Hall–Kier alpha value is -3.95. The first-order valence-electron chi connectivity index (χ1n) is 11.0. The molecule has 2 N–H and O–H groups in total. The zero-order chi connectivity index (χ0) is 25.2. The van der Waals surface area contributed by atoms with Crippen LogP contribution in [-0.2, 0) is 9.59 Å². The number of pyridine rings is 2. The summed E-state index contributed by atoms with van der Waals surface area (Å²) in [6.07, 6.45) is 3.37. The summed E-state index contributed by atoms with van der Waals surface area (Å²) in [6, 6.07) is 24.6. The highest BCUT2D eigenvalue weighted by Gasteiger charge is 2.11. The van der Waals surface area contributed by atoms with Crippen LogP contribution in [-0.4, -0.2) is 39.1 Å². The summed E-state index contributed by atoms with van der Waals surface area (Å²) in [5.41, 5.74) is 2.22. The van der Waals surface area contributed by atoms with Gasteiger partial charge < -0.3 is 10.6 Å². The van der Waals surface area contributed by atoms with E-state index < -0.39 is 0 Å². The molecule has 2 amide bonds. The lowest BCUT2D eigenvalue weighted by molar-refractivity contribution is -0.114. The van der Waals surface area contributed by atoms with Gasteiger partial charge in [-0.25, -0.2) is 9.97 Å². The minimum atomic E-state index is -0.152. The second-order valence-corrected chi connectivity index (χ2v) is 9.48. The van der Waals surface area contributed by atoms with Gasteiger partial charge in [0.05, 0.1) is 21.6 Å². The molecule has 0 fully saturated rings. The van der Waals surface area contributed by atoms with E-state index in [1.165, 1.54) is 23.5 Å². The Morgan fingerprint density at radius 3 is 1.36 bits per heavy atom. The van der Waals surface area contributed by atoms with Gasteiger partial charge in [0, 0.05) is 34.9 Å². The number of thioether (sulfide) groups is 2. The Kier molecular flexibility index (Phi) is 8.85. The Bertz CT molecular complexity index is 1210. The first-order chi connectivity index (χ1) is 17.6. The second kappa shape index (κ2) is 12.7. The van der Waals surface area contributed by atoms with Crippen molar-refractivity contribution in [3.05, 3.63) is 108 Å². The van der Waals surface area contributed by atoms with Gasteiger partial charge >= 0.3 is 0 Å². The lowest BCUT2D eigenvalue weighted by Crippen LogP contribution is -2.14. The normalized spacial score (nSPS) is 10.4. The molecule has 0 bridgehead atoms. The number of ketones is 1. The van der Waals surface area contributed by atoms with Gasteiger partial charge in [-0.3, -0.25) is 14.4 Å². The van der Waals surface area contributed by atoms with Crippen LogP contribution in [0.25, 0.3) is 0 Å². The number of amides is 2. The Labute approximate surface area is 217 Å². The van der Waals surface area contributed by atoms with Gasteiger partial charge in [0.2, 0.25) is 11.8 Å². The third-order valence-electron chi connectivity index (χ3n) is 4.84. The van der Waals surface area contributed by atoms with Crippen LogP contribution in [0.5, 0.6) is 0 Å². The van der Waals surface area contributed by atoms with Crippen molar-refractivity contribution >= 4 is 52.5 Å². The summed E-state index contributed by atoms with van der Waals surface area (Å²) in [7, 11) is 0. The molecule has 0 saturated carbocycles. The fourth-order valence-corrected chi connectivity index (χ4v) is 4.44. The lowest BCUT2D eigenvalue weighted by Gasteiger charge is -2.08. The van der Waals surface area contributed by atoms with Gasteiger partial charge in [0.15, 0.2) is 5.78 Å². The summed E-state index contributed by atoms with van der Waals surface area (Å²) in [6.45, 7) is 0. The van der Waals surface area contributed by atoms with Gasteiger partial charge in [0.1, 0.15) is 0 Å². The quantitative estimate of drug-likeness (QED) is 0.222. The van der Waals surface area contributed by atoms with Crippen molar-refractivity contribution in [3.8, 4) is 0 Å². The van der Waals surface area contributed by atoms with E-state index in [1.807, 2.05) is 36.4 Å². The average Bonchev–Trinajstić information content (AvgIpc) is 2.92. The molecule has 0 radical (unpaired) electrons. The van der Waals surface area contributed by atoms with Crippen LogP contribution in [0.15, 0.2) is 107 Å². The average molecular weight is 515 g/mol. The van der Waals surface area contributed by atoms with Crippen LogP contribution >= 0.6 is 23.5 Å². The number of anilines is 2. The maximum absolute atomic E-state index is 12.8. The van der Waals surface area contributed by atoms with E-state index in [-0.39, 0.29) is 29.1 Å². The molecule has 7 nitrogen and oxygen atoms in total. The van der Waals surface area contributed by atoms with Crippen molar-refractivity contribution in [2.45, 2.75) is 10.1 Å². The molecule has 0 atom stereocenters. The number of carbonyl (C=O) groups is 3. The standard InChI is InChI=1S/C27H22N4O3S2/c32-23(17-35-25-5-1-3-15-28-25)30-21-11-7-19(8-12-21)27(34)20-9-13-22(14-10-20)31-24(33)18-36-26-6-2-4-16-29-26/h1-16H,17-18H2,(H,30,32)(H,31,33). The largest absolute Gasteiger partial charge is 0.325 e. The highest BCUT2D eigenvalue weighted by atomic mass is 32.2. The maximum atomic E-state index is 12.8. The van der Waals surface area contributed by atoms with E-state index in [1.54, 1.807) is 60.9 Å². The SMILES string of the molecule is O=C(CSc1ccccn1)Nc1ccc(C(=O)c2ccc(NC(=O)CSc3ccccn3)cc2)cc1. The molecule has 0 aliphatic rings. The lowest BCUT2D eigenvalue weighted by atomic mass is 10.0. The van der Waals surface area contributed by atoms with Crippen LogP contribution in [0.1, 0.15) is 15.9 Å². The smallest absolute Gasteiger partial charge is 0.234 e. The van der Waals surface area contributed by atoms with Gasteiger partial charge in [-0.15, -0.1) is 0 Å². The van der Waals surface area contributed by atoms with Crippen molar-refractivity contribution in [3.63, 3.8) is 0 Å². The minimum Gasteiger partial charge on any atom is -0.325 e. The molecule has 2 heterocycles. The van der Waals surface area contributed by atoms with Crippen molar-refractivity contribution in [2.24, 2.45) is 0 Å². The van der Waals surface area contributed by atoms with Crippen LogP contribution in [0.2, 0.25) is 0 Å². The molecule has 0 spiro atoms. The molecular formula is C27H22N4O3S2. The zero-order valence-corrected chi connectivity index (χ0v) is 20.7. The van der Waals surface area contributed by atoms with Gasteiger partial charge in [0.25, 0.3) is 0 Å². The fourth-order valence-electron chi connectivity index (χ4n) is 3.11. The monoisotopic (exact) mass is 514 g/mol. The fraction of sp³-hybridized carbons (Fsp3) is 0.0741. The molecular weight excluding hydrogens is 492 g/mol. The minimum absolute atomic E-state index is 0.151. The summed E-state index contributed by atoms with van der Waals surface area (Å²) >= 11 is 2.70. The van der Waals surface area contributed by atoms with Crippen molar-refractivity contribution in [1.82, 2.24) is 9.97 Å². The molecule has 0 unspecified atom stereocenters. The Morgan fingerprint density at radius 1 is 0.583 bits per heavy atom. The number of hydrogen-bond acceptors (Lipinski definition) is 7. The third-order valence-corrected chi connectivity index (χ3v) is 6.73. The number of hydrogen-bond donors (Lipinski definition) is 2. The Morgan fingerprint density at radius 2 is 1.00 bits per heavy atom. The summed E-state index contributed by atoms with van der Waals surface area (Å²) in [4.78, 5) is 45.6. The van der Waals surface area contributed by atoms with E-state index in [9.17, 15) is 14.4 Å². The van der Waals surface area contributed by atoms with E-state index in [2.05, 4.69) is 20.6 Å². The molecule has 36 heavy (non-hydrogen) atoms. The van der Waals surface area contributed by atoms with E-state index in [0.29, 0.717) is 22.5 Å². The molecule has 0 aliphatic heterocycles. The van der Waals surface area contributed by atoms with Gasteiger partial charge in [-0.05, 0) is 72.8 Å². The molecule has 2 aromatic carbocycles. The highest BCUT2D eigenvalue weighted by Crippen LogP contribution is 2.19. The maximum Gasteiger partial charge on any atom is 0.234 e. The Balaban J connectivity index is 1.26. The number of rotatable bonds is 10. The summed E-state index contributed by atoms with van der Waals surface area (Å²) < 4.78 is 0. The van der Waals surface area contributed by atoms with Gasteiger partial charge in [-0.2, -0.15) is 0 Å². The first kappa shape index (κ1) is 25.2. The molecule has 4 rings (SSSR count). The molecule has 180 valence electrons. The topological polar surface area (TPSA) is 101 Å². The second-order valence-electron chi connectivity index (χ2n) is 7.49. The highest BCUT2D eigenvalue weighted by molar-refractivity contribution is 8.00. The predicted octanol–water partition coefficient (Wildman–Crippen LogP) is 5.17. The molecule has 0 aliphatic carbocycles. The molecule has 2 aromatic heterocycles. The number of carbonyl (C=O) groups excluding carboxylic acids is 3. The van der Waals surface area contributed by atoms with Gasteiger partial charge in [-0.1, -0.05) is 35.7 Å². The van der Waals surface area contributed by atoms with Crippen LogP contribution in [0.3, 0.4) is 0 Å². The van der Waals surface area contributed by atoms with Crippen molar-refractivity contribution in [2.75, 3.05) is 22.1 Å². The predicted molar refractivity (Wildman–Crippen MR) is 143 cm³/mol. The summed E-state index contributed by atoms with van der Waals surface area (Å²) in [5.74, 6) is 0.0222. The van der Waals surface area contributed by atoms with E-state index in [0.717, 1.165) is 10.1 Å². The van der Waals surface area contributed by atoms with Crippen LogP contribution < -0.4 is 10.6 Å². The van der Waals surface area contributed by atoms with E-state index in [4.69, 9.17) is 0 Å². The zero-order valence-electron chi connectivity index (χ0n) is 19.1. The summed E-state index contributed by atoms with van der Waals surface area (Å²) in [5, 5.41) is 7.20. The van der Waals surface area contributed by atoms with E-state index >= 15 is 0 Å². The molecule has 0 saturated heterocycles. The molecule has 9 heteroatoms. The molecule has 4 aromatic rings. The van der Waals surface area contributed by atoms with Crippen molar-refractivity contribution < 1.29 is 14.4 Å². The number of nitrogens with zero attached hydrogens (tertiary/aromatic N) is 2. The van der Waals surface area contributed by atoms with Crippen LogP contribution in [0.4, 0.5) is 11.4 Å². The van der Waals surface area contributed by atoms with Crippen LogP contribution in [0, 0.1) is 0 Å². The number of benzene rings is 2.